The van der Waals surface area contributed by atoms with Crippen LogP contribution in [0.1, 0.15) is 90.0 Å². The molecular formula is C21H40O2S2. The van der Waals surface area contributed by atoms with E-state index in [0.29, 0.717) is 0 Å². The maximum Gasteiger partial charge on any atom is 0.309 e. The van der Waals surface area contributed by atoms with Crippen LogP contribution in [0.3, 0.4) is 0 Å². The zero-order valence-electron chi connectivity index (χ0n) is 18.7. The molecule has 0 bridgehead atoms. The van der Waals surface area contributed by atoms with Crippen molar-refractivity contribution >= 4 is 27.6 Å². The Morgan fingerprint density at radius 3 is 1.44 bits per heavy atom. The number of hydrogen-bond acceptors (Lipinski definition) is 3. The van der Waals surface area contributed by atoms with Crippen molar-refractivity contribution in [3.8, 4) is 0 Å². The molecule has 0 aromatic rings. The lowest BCUT2D eigenvalue weighted by atomic mass is 9.42. The Bertz CT molecular complexity index is 556. The van der Waals surface area contributed by atoms with Crippen LogP contribution in [0.5, 0.6) is 0 Å². The average molecular weight is 389 g/mol. The van der Waals surface area contributed by atoms with Gasteiger partial charge in [-0.05, 0) is 56.3 Å². The third-order valence-corrected chi connectivity index (χ3v) is 14.4. The second kappa shape index (κ2) is 5.83. The van der Waals surface area contributed by atoms with Gasteiger partial charge in [-0.3, -0.25) is 4.79 Å². The lowest BCUT2D eigenvalue weighted by molar-refractivity contribution is -0.172. The smallest absolute Gasteiger partial charge is 0.309 e. The van der Waals surface area contributed by atoms with E-state index in [1.54, 1.807) is 0 Å². The standard InChI is InChI=1S/C21H40O2S2/c1-15(2,14(22)23)16(3,4)17(5,6)18(7,8)21(13)19(9,10)20(11,12)24-25-21/h1-13H3,(H,22,23)/t21-/m1/s1. The summed E-state index contributed by atoms with van der Waals surface area (Å²) in [6.07, 6.45) is 0. The highest BCUT2D eigenvalue weighted by molar-refractivity contribution is 8.78. The van der Waals surface area contributed by atoms with Crippen molar-refractivity contribution in [1.82, 2.24) is 0 Å². The molecule has 0 aromatic heterocycles. The molecule has 1 aliphatic heterocycles. The first-order valence-corrected chi connectivity index (χ1v) is 11.4. The van der Waals surface area contributed by atoms with Crippen molar-refractivity contribution in [1.29, 1.82) is 0 Å². The lowest BCUT2D eigenvalue weighted by Crippen LogP contribution is -2.64. The van der Waals surface area contributed by atoms with E-state index in [2.05, 4.69) is 76.2 Å². The Labute approximate surface area is 164 Å². The number of carbonyl (C=O) groups is 1. The molecule has 0 saturated carbocycles. The predicted molar refractivity (Wildman–Crippen MR) is 114 cm³/mol. The van der Waals surface area contributed by atoms with Crippen LogP contribution in [0.15, 0.2) is 0 Å². The van der Waals surface area contributed by atoms with Crippen molar-refractivity contribution < 1.29 is 9.90 Å². The van der Waals surface area contributed by atoms with Crippen molar-refractivity contribution in [3.63, 3.8) is 0 Å². The van der Waals surface area contributed by atoms with E-state index in [1.807, 2.05) is 35.4 Å². The Hall–Kier alpha value is 0.170. The maximum absolute atomic E-state index is 12.1. The van der Waals surface area contributed by atoms with Crippen LogP contribution >= 0.6 is 21.6 Å². The minimum atomic E-state index is -0.819. The molecule has 2 nitrogen and oxygen atoms in total. The first-order valence-electron chi connectivity index (χ1n) is 9.25. The summed E-state index contributed by atoms with van der Waals surface area (Å²) in [5.74, 6) is -0.723. The summed E-state index contributed by atoms with van der Waals surface area (Å²) in [6, 6.07) is 0. The number of carboxylic acid groups (broad SMARTS) is 1. The predicted octanol–water partition coefficient (Wildman–Crippen LogP) is 7.13. The van der Waals surface area contributed by atoms with E-state index < -0.39 is 16.8 Å². The van der Waals surface area contributed by atoms with Gasteiger partial charge in [0.25, 0.3) is 0 Å². The van der Waals surface area contributed by atoms with Gasteiger partial charge in [0.05, 0.1) is 5.41 Å². The number of aliphatic carboxylic acids is 1. The summed E-state index contributed by atoms with van der Waals surface area (Å²) in [5.41, 5.74) is -1.42. The molecule has 4 heteroatoms. The number of carboxylic acids is 1. The molecule has 0 aliphatic carbocycles. The summed E-state index contributed by atoms with van der Waals surface area (Å²) < 4.78 is 0.162. The minimum Gasteiger partial charge on any atom is -0.481 e. The molecule has 1 aliphatic rings. The normalized spacial score (nSPS) is 27.4. The number of rotatable bonds is 5. The molecule has 1 heterocycles. The van der Waals surface area contributed by atoms with Gasteiger partial charge in [-0.25, -0.2) is 0 Å². The molecular weight excluding hydrogens is 348 g/mol. The zero-order valence-corrected chi connectivity index (χ0v) is 20.3. The van der Waals surface area contributed by atoms with Gasteiger partial charge in [0.1, 0.15) is 0 Å². The fraction of sp³-hybridized carbons (Fsp3) is 0.952. The van der Waals surface area contributed by atoms with E-state index in [1.165, 1.54) is 0 Å². The molecule has 1 rings (SSSR count). The summed E-state index contributed by atoms with van der Waals surface area (Å²) in [4.78, 5) is 12.1. The van der Waals surface area contributed by atoms with Crippen LogP contribution in [0, 0.1) is 27.1 Å². The lowest BCUT2D eigenvalue weighted by Gasteiger charge is -2.64. The van der Waals surface area contributed by atoms with Crippen molar-refractivity contribution in [2.45, 2.75) is 99.5 Å². The maximum atomic E-state index is 12.1. The first kappa shape index (κ1) is 23.2. The van der Waals surface area contributed by atoms with Crippen LogP contribution in [-0.4, -0.2) is 20.6 Å². The molecule has 1 N–H and O–H groups in total. The largest absolute Gasteiger partial charge is 0.481 e. The molecule has 1 fully saturated rings. The molecule has 0 unspecified atom stereocenters. The fourth-order valence-electron chi connectivity index (χ4n) is 4.28. The highest BCUT2D eigenvalue weighted by Crippen LogP contribution is 2.76. The van der Waals surface area contributed by atoms with Crippen molar-refractivity contribution in [3.05, 3.63) is 0 Å². The Morgan fingerprint density at radius 2 is 1.16 bits per heavy atom. The van der Waals surface area contributed by atoms with Crippen LogP contribution in [-0.2, 0) is 4.79 Å². The highest BCUT2D eigenvalue weighted by Gasteiger charge is 2.69. The Kier molecular flexibility index (Phi) is 5.41. The highest BCUT2D eigenvalue weighted by atomic mass is 33.1. The summed E-state index contributed by atoms with van der Waals surface area (Å²) in [7, 11) is 3.98. The van der Waals surface area contributed by atoms with E-state index in [9.17, 15) is 9.90 Å². The van der Waals surface area contributed by atoms with Gasteiger partial charge in [-0.15, -0.1) is 0 Å². The minimum absolute atomic E-state index is 0.00349. The summed E-state index contributed by atoms with van der Waals surface area (Å²) >= 11 is 0. The number of hydrogen-bond donors (Lipinski definition) is 1. The van der Waals surface area contributed by atoms with Crippen molar-refractivity contribution in [2.75, 3.05) is 0 Å². The molecule has 25 heavy (non-hydrogen) atoms. The van der Waals surface area contributed by atoms with E-state index in [-0.39, 0.29) is 25.7 Å². The third-order valence-electron chi connectivity index (χ3n) is 9.53. The summed E-state index contributed by atoms with van der Waals surface area (Å²) in [5, 5.41) is 9.91. The van der Waals surface area contributed by atoms with Gasteiger partial charge in [-0.1, -0.05) is 77.0 Å². The van der Waals surface area contributed by atoms with Gasteiger partial charge in [-0.2, -0.15) is 0 Å². The average Bonchev–Trinajstić information content (AvgIpc) is 2.58. The van der Waals surface area contributed by atoms with Crippen LogP contribution < -0.4 is 0 Å². The molecule has 148 valence electrons. The summed E-state index contributed by atoms with van der Waals surface area (Å²) in [6.45, 7) is 29.1. The SMILES string of the molecule is CC1(C)SS[C@](C)(C(C)(C)C(C)(C)C(C)(C)C(C)(C)C(=O)O)C1(C)C. The molecule has 0 amide bonds. The molecule has 0 aromatic carbocycles. The quantitative estimate of drug-likeness (QED) is 0.508. The Balaban J connectivity index is 3.59. The van der Waals surface area contributed by atoms with Crippen molar-refractivity contribution in [2.24, 2.45) is 27.1 Å². The van der Waals surface area contributed by atoms with Gasteiger partial charge >= 0.3 is 5.97 Å². The van der Waals surface area contributed by atoms with E-state index in [4.69, 9.17) is 0 Å². The van der Waals surface area contributed by atoms with Crippen LogP contribution in [0.2, 0.25) is 0 Å². The van der Waals surface area contributed by atoms with Gasteiger partial charge in [0.15, 0.2) is 0 Å². The topological polar surface area (TPSA) is 37.3 Å². The van der Waals surface area contributed by atoms with Crippen LogP contribution in [0.25, 0.3) is 0 Å². The second-order valence-electron chi connectivity index (χ2n) is 11.1. The third kappa shape index (κ3) is 2.63. The van der Waals surface area contributed by atoms with E-state index in [0.717, 1.165) is 0 Å². The van der Waals surface area contributed by atoms with Gasteiger partial charge in [0, 0.05) is 9.49 Å². The second-order valence-corrected chi connectivity index (χ2v) is 14.3. The fourth-order valence-corrected chi connectivity index (χ4v) is 9.06. The molecule has 1 atom stereocenters. The molecule has 0 radical (unpaired) electrons. The van der Waals surface area contributed by atoms with E-state index >= 15 is 0 Å². The molecule has 0 spiro atoms. The van der Waals surface area contributed by atoms with Gasteiger partial charge < -0.3 is 5.11 Å². The van der Waals surface area contributed by atoms with Crippen LogP contribution in [0.4, 0.5) is 0 Å². The monoisotopic (exact) mass is 388 g/mol. The first-order chi connectivity index (χ1) is 10.7. The molecule has 1 saturated heterocycles. The zero-order chi connectivity index (χ0) is 20.5. The van der Waals surface area contributed by atoms with Gasteiger partial charge in [0.2, 0.25) is 0 Å². The Morgan fingerprint density at radius 1 is 0.760 bits per heavy atom.